The Morgan fingerprint density at radius 2 is 1.68 bits per heavy atom. The summed E-state index contributed by atoms with van der Waals surface area (Å²) in [5.74, 6) is 1.62. The first-order chi connectivity index (χ1) is 21.2. The highest BCUT2D eigenvalue weighted by atomic mass is 35.5. The molecule has 4 aromatic rings. The molecule has 44 heavy (non-hydrogen) atoms. The van der Waals surface area contributed by atoms with Gasteiger partial charge in [0.1, 0.15) is 35.5 Å². The normalized spacial score (nSPS) is 13.9. The third-order valence-electron chi connectivity index (χ3n) is 6.90. The first-order valence-electron chi connectivity index (χ1n) is 14.0. The molecule has 1 heterocycles. The number of hydrogen-bond acceptors (Lipinski definition) is 8. The van der Waals surface area contributed by atoms with E-state index in [9.17, 15) is 10.1 Å². The molecule has 1 atom stereocenters. The molecule has 4 aromatic carbocycles. The van der Waals surface area contributed by atoms with Gasteiger partial charge in [-0.15, -0.1) is 0 Å². The van der Waals surface area contributed by atoms with E-state index in [1.54, 1.807) is 67.8 Å². The van der Waals surface area contributed by atoms with Crippen molar-refractivity contribution < 1.29 is 28.5 Å². The number of methoxy groups -OCH3 is 1. The van der Waals surface area contributed by atoms with Gasteiger partial charge in [-0.3, -0.25) is 0 Å². The van der Waals surface area contributed by atoms with Gasteiger partial charge in [-0.2, -0.15) is 5.26 Å². The predicted octanol–water partition coefficient (Wildman–Crippen LogP) is 7.40. The Morgan fingerprint density at radius 1 is 0.955 bits per heavy atom. The molecule has 5 rings (SSSR count). The first kappa shape index (κ1) is 30.3. The maximum atomic E-state index is 12.9. The second-order valence-electron chi connectivity index (χ2n) is 10.6. The lowest BCUT2D eigenvalue weighted by atomic mass is 9.83. The van der Waals surface area contributed by atoms with Gasteiger partial charge >= 0.3 is 5.97 Å². The first-order valence-corrected chi connectivity index (χ1v) is 14.3. The molecule has 0 saturated carbocycles. The van der Waals surface area contributed by atoms with Crippen LogP contribution in [0.4, 0.5) is 0 Å². The highest BCUT2D eigenvalue weighted by Crippen LogP contribution is 2.45. The minimum atomic E-state index is -0.550. The number of nitrogens with zero attached hydrogens (tertiary/aromatic N) is 1. The van der Waals surface area contributed by atoms with Crippen molar-refractivity contribution >= 4 is 17.6 Å². The van der Waals surface area contributed by atoms with Crippen molar-refractivity contribution in [1.29, 1.82) is 5.26 Å². The Bertz CT molecular complexity index is 1730. The number of ether oxygens (including phenoxy) is 5. The van der Waals surface area contributed by atoms with Crippen LogP contribution in [0.2, 0.25) is 5.02 Å². The molecule has 0 aliphatic carbocycles. The summed E-state index contributed by atoms with van der Waals surface area (Å²) in [6.45, 7) is 5.03. The van der Waals surface area contributed by atoms with Crippen LogP contribution in [0.5, 0.6) is 28.7 Å². The topological polar surface area (TPSA) is 113 Å². The van der Waals surface area contributed by atoms with Crippen LogP contribution in [-0.4, -0.2) is 19.7 Å². The molecule has 1 unspecified atom stereocenters. The SMILES string of the molecule is COc1cc(C2C(C#N)=C(N)Oc3cc(OC(=O)c4ccc(OCC(C)C)cc4)ccc32)ccc1OCc1ccc(Cl)cc1. The number of rotatable bonds is 10. The number of nitriles is 1. The number of carbonyl (C=O) groups is 1. The molecule has 8 nitrogen and oxygen atoms in total. The smallest absolute Gasteiger partial charge is 0.343 e. The summed E-state index contributed by atoms with van der Waals surface area (Å²) in [5.41, 5.74) is 9.20. The molecule has 0 spiro atoms. The summed E-state index contributed by atoms with van der Waals surface area (Å²) in [7, 11) is 1.55. The van der Waals surface area contributed by atoms with E-state index in [4.69, 9.17) is 41.0 Å². The van der Waals surface area contributed by atoms with Gasteiger partial charge in [0, 0.05) is 16.7 Å². The number of carbonyl (C=O) groups excluding carboxylic acids is 1. The quantitative estimate of drug-likeness (QED) is 0.146. The summed E-state index contributed by atoms with van der Waals surface area (Å²) in [6, 6.07) is 26.8. The Balaban J connectivity index is 1.36. The highest BCUT2D eigenvalue weighted by Gasteiger charge is 2.32. The summed E-state index contributed by atoms with van der Waals surface area (Å²) >= 11 is 5.98. The van der Waals surface area contributed by atoms with E-state index in [0.717, 1.165) is 11.1 Å². The van der Waals surface area contributed by atoms with Crippen molar-refractivity contribution in [3.63, 3.8) is 0 Å². The average molecular weight is 611 g/mol. The highest BCUT2D eigenvalue weighted by molar-refractivity contribution is 6.30. The number of benzene rings is 4. The molecular formula is C35H31ClN2O6. The lowest BCUT2D eigenvalue weighted by molar-refractivity contribution is 0.0734. The molecule has 0 aromatic heterocycles. The van der Waals surface area contributed by atoms with E-state index in [1.807, 2.05) is 24.3 Å². The van der Waals surface area contributed by atoms with Crippen LogP contribution in [0.25, 0.3) is 0 Å². The summed E-state index contributed by atoms with van der Waals surface area (Å²) in [4.78, 5) is 12.9. The number of allylic oxidation sites excluding steroid dienone is 1. The Morgan fingerprint density at radius 3 is 2.36 bits per heavy atom. The van der Waals surface area contributed by atoms with Crippen LogP contribution in [0, 0.1) is 17.2 Å². The zero-order chi connectivity index (χ0) is 31.2. The summed E-state index contributed by atoms with van der Waals surface area (Å²) in [5, 5.41) is 10.6. The largest absolute Gasteiger partial charge is 0.493 e. The Hall–Kier alpha value is -5.13. The third-order valence-corrected chi connectivity index (χ3v) is 7.16. The standard InChI is InChI=1S/C35H31ClN2O6/c1-21(2)19-41-26-11-6-23(7-12-26)35(39)43-27-13-14-28-31(17-27)44-34(38)29(18-37)33(28)24-8-15-30(32(16-24)40-3)42-20-22-4-9-25(36)10-5-22/h4-17,21,33H,19-20,38H2,1-3H3. The van der Waals surface area contributed by atoms with E-state index in [2.05, 4.69) is 19.9 Å². The molecule has 0 amide bonds. The monoisotopic (exact) mass is 610 g/mol. The van der Waals surface area contributed by atoms with E-state index >= 15 is 0 Å². The minimum absolute atomic E-state index is 0.0347. The fourth-order valence-corrected chi connectivity index (χ4v) is 4.81. The second kappa shape index (κ2) is 13.4. The lowest BCUT2D eigenvalue weighted by Gasteiger charge is -2.27. The average Bonchev–Trinajstić information content (AvgIpc) is 3.03. The fourth-order valence-electron chi connectivity index (χ4n) is 4.68. The minimum Gasteiger partial charge on any atom is -0.493 e. The van der Waals surface area contributed by atoms with Crippen molar-refractivity contribution in [3.8, 4) is 34.8 Å². The maximum absolute atomic E-state index is 12.9. The lowest BCUT2D eigenvalue weighted by Crippen LogP contribution is -2.21. The molecule has 2 N–H and O–H groups in total. The van der Waals surface area contributed by atoms with Crippen LogP contribution >= 0.6 is 11.6 Å². The fraction of sp³-hybridized carbons (Fsp3) is 0.200. The van der Waals surface area contributed by atoms with Crippen LogP contribution in [0.15, 0.2) is 96.4 Å². The molecule has 1 aliphatic heterocycles. The molecule has 1 aliphatic rings. The van der Waals surface area contributed by atoms with E-state index in [0.29, 0.717) is 58.3 Å². The summed E-state index contributed by atoms with van der Waals surface area (Å²) in [6.07, 6.45) is 0. The van der Waals surface area contributed by atoms with Gasteiger partial charge in [0.25, 0.3) is 0 Å². The molecule has 224 valence electrons. The number of halogens is 1. The third kappa shape index (κ3) is 6.91. The molecule has 9 heteroatoms. The molecule has 0 radical (unpaired) electrons. The second-order valence-corrected chi connectivity index (χ2v) is 11.0. The van der Waals surface area contributed by atoms with Gasteiger partial charge < -0.3 is 29.4 Å². The number of hydrogen-bond donors (Lipinski definition) is 1. The molecule has 0 fully saturated rings. The van der Waals surface area contributed by atoms with Gasteiger partial charge in [-0.05, 0) is 71.6 Å². The maximum Gasteiger partial charge on any atom is 0.343 e. The van der Waals surface area contributed by atoms with Crippen molar-refractivity contribution in [3.05, 3.63) is 124 Å². The van der Waals surface area contributed by atoms with Gasteiger partial charge in [0.2, 0.25) is 5.88 Å². The van der Waals surface area contributed by atoms with Crippen molar-refractivity contribution in [1.82, 2.24) is 0 Å². The summed E-state index contributed by atoms with van der Waals surface area (Å²) < 4.78 is 28.8. The van der Waals surface area contributed by atoms with Crippen LogP contribution in [0.3, 0.4) is 0 Å². The van der Waals surface area contributed by atoms with Gasteiger partial charge in [0.05, 0.1) is 25.2 Å². The predicted molar refractivity (Wildman–Crippen MR) is 166 cm³/mol. The zero-order valence-electron chi connectivity index (χ0n) is 24.5. The number of nitrogens with two attached hydrogens (primary N) is 1. The van der Waals surface area contributed by atoms with Crippen LogP contribution in [0.1, 0.15) is 46.8 Å². The van der Waals surface area contributed by atoms with E-state index in [-0.39, 0.29) is 17.2 Å². The van der Waals surface area contributed by atoms with Crippen molar-refractivity contribution in [2.24, 2.45) is 11.7 Å². The van der Waals surface area contributed by atoms with Crippen molar-refractivity contribution in [2.45, 2.75) is 26.4 Å². The molecule has 0 saturated heterocycles. The zero-order valence-corrected chi connectivity index (χ0v) is 25.3. The molecular weight excluding hydrogens is 580 g/mol. The van der Waals surface area contributed by atoms with E-state index in [1.165, 1.54) is 0 Å². The van der Waals surface area contributed by atoms with Gasteiger partial charge in [-0.1, -0.05) is 49.7 Å². The van der Waals surface area contributed by atoms with Crippen LogP contribution in [-0.2, 0) is 6.61 Å². The number of fused-ring (bicyclic) bond motifs is 1. The Labute approximate surface area is 261 Å². The Kier molecular flexibility index (Phi) is 9.27. The van der Waals surface area contributed by atoms with Gasteiger partial charge in [0.15, 0.2) is 11.5 Å². The molecule has 0 bridgehead atoms. The number of esters is 1. The van der Waals surface area contributed by atoms with E-state index < -0.39 is 11.9 Å². The van der Waals surface area contributed by atoms with Crippen LogP contribution < -0.4 is 29.4 Å². The van der Waals surface area contributed by atoms with Crippen molar-refractivity contribution in [2.75, 3.05) is 13.7 Å². The van der Waals surface area contributed by atoms with Gasteiger partial charge in [-0.25, -0.2) is 4.79 Å².